The number of aromatic nitrogens is 1. The van der Waals surface area contributed by atoms with E-state index < -0.39 is 11.7 Å². The van der Waals surface area contributed by atoms with Crippen molar-refractivity contribution >= 4 is 24.3 Å². The first-order chi connectivity index (χ1) is 16.6. The number of ether oxygens (including phenoxy) is 1. The van der Waals surface area contributed by atoms with Crippen LogP contribution in [0.4, 0.5) is 10.5 Å². The van der Waals surface area contributed by atoms with Crippen LogP contribution in [0.15, 0.2) is 42.5 Å². The van der Waals surface area contributed by atoms with Crippen molar-refractivity contribution in [2.24, 2.45) is 0 Å². The third-order valence-electron chi connectivity index (χ3n) is 5.35. The Bertz CT molecular complexity index is 1260. The number of nitrogens with zero attached hydrogens (tertiary/aromatic N) is 1. The maximum absolute atomic E-state index is 12.3. The molecule has 0 fully saturated rings. The topological polar surface area (TPSA) is 138 Å². The van der Waals surface area contributed by atoms with Crippen molar-refractivity contribution in [1.29, 1.82) is 5.41 Å². The molecule has 1 heterocycles. The summed E-state index contributed by atoms with van der Waals surface area (Å²) in [4.78, 5) is 29.1. The van der Waals surface area contributed by atoms with Crippen molar-refractivity contribution < 1.29 is 19.4 Å². The van der Waals surface area contributed by atoms with Gasteiger partial charge in [0.25, 0.3) is 0 Å². The number of carbonyl (C=O) groups is 2. The molecule has 1 amide bonds. The number of phenols is 1. The zero-order chi connectivity index (χ0) is 25.8. The van der Waals surface area contributed by atoms with Gasteiger partial charge in [-0.15, -0.1) is 0 Å². The van der Waals surface area contributed by atoms with Crippen LogP contribution in [0.2, 0.25) is 0 Å². The van der Waals surface area contributed by atoms with E-state index in [1.807, 2.05) is 6.92 Å². The minimum atomic E-state index is -0.661. The maximum Gasteiger partial charge on any atom is 0.407 e. The molecule has 5 N–H and O–H groups in total. The Labute approximate surface area is 204 Å². The molecule has 0 aliphatic carbocycles. The fourth-order valence-electron chi connectivity index (χ4n) is 3.89. The molecule has 8 nitrogen and oxygen atoms in total. The number of pyridine rings is 1. The minimum absolute atomic E-state index is 0.0345. The highest BCUT2D eigenvalue weighted by atomic mass is 16.6. The second kappa shape index (κ2) is 10.4. The zero-order valence-electron chi connectivity index (χ0n) is 20.3. The number of phenolic OH excluding ortho intramolecular Hbond substituents is 1. The molecule has 0 aliphatic heterocycles. The van der Waals surface area contributed by atoms with Gasteiger partial charge in [-0.2, -0.15) is 0 Å². The number of rotatable bonds is 7. The molecule has 0 unspecified atom stereocenters. The molecule has 0 saturated carbocycles. The first-order valence-electron chi connectivity index (χ1n) is 11.3. The standard InChI is InChI=1S/C27H30N4O4/c1-5-20-24(16-6-9-19(33)10-7-16)22(14-30-26(34)35-27(2,3)4)31-23(15-32)25(20)17-8-11-21(29)18(12-17)13-28/h6-13,15,28,33H,5,14,29H2,1-4H3,(H,30,34). The molecule has 0 bridgehead atoms. The summed E-state index contributed by atoms with van der Waals surface area (Å²) in [5.41, 5.74) is 10.7. The Morgan fingerprint density at radius 1 is 1.14 bits per heavy atom. The average Bonchev–Trinajstić information content (AvgIpc) is 2.81. The van der Waals surface area contributed by atoms with Crippen LogP contribution in [0.25, 0.3) is 22.3 Å². The SMILES string of the molecule is CCc1c(-c2ccc(N)c(C=N)c2)c(C=O)nc(CNC(=O)OC(C)(C)C)c1-c1ccc(O)cc1. The average molecular weight is 475 g/mol. The molecule has 0 spiro atoms. The largest absolute Gasteiger partial charge is 0.508 e. The van der Waals surface area contributed by atoms with E-state index in [0.717, 1.165) is 16.7 Å². The van der Waals surface area contributed by atoms with Crippen molar-refractivity contribution in [2.75, 3.05) is 5.73 Å². The van der Waals surface area contributed by atoms with E-state index >= 15 is 0 Å². The Morgan fingerprint density at radius 3 is 2.37 bits per heavy atom. The van der Waals surface area contributed by atoms with Crippen LogP contribution in [-0.4, -0.2) is 34.3 Å². The molecule has 182 valence electrons. The number of nitrogen functional groups attached to an aromatic ring is 1. The molecule has 35 heavy (non-hydrogen) atoms. The predicted octanol–water partition coefficient (Wildman–Crippen LogP) is 5.10. The number of aldehydes is 1. The summed E-state index contributed by atoms with van der Waals surface area (Å²) in [6.45, 7) is 7.33. The Hall–Kier alpha value is -4.20. The molecule has 0 saturated heterocycles. The number of amides is 1. The van der Waals surface area contributed by atoms with E-state index in [2.05, 4.69) is 10.3 Å². The van der Waals surface area contributed by atoms with Crippen molar-refractivity contribution in [1.82, 2.24) is 10.3 Å². The first-order valence-corrected chi connectivity index (χ1v) is 11.3. The van der Waals surface area contributed by atoms with Gasteiger partial charge in [0.15, 0.2) is 6.29 Å². The summed E-state index contributed by atoms with van der Waals surface area (Å²) in [5.74, 6) is 0.118. The van der Waals surface area contributed by atoms with Gasteiger partial charge in [-0.05, 0) is 68.1 Å². The van der Waals surface area contributed by atoms with Gasteiger partial charge in [-0.3, -0.25) is 4.79 Å². The second-order valence-electron chi connectivity index (χ2n) is 9.03. The molecule has 0 aliphatic rings. The second-order valence-corrected chi connectivity index (χ2v) is 9.03. The molecule has 0 radical (unpaired) electrons. The number of nitrogens with two attached hydrogens (primary N) is 1. The van der Waals surface area contributed by atoms with Crippen molar-refractivity contribution in [3.05, 3.63) is 65.0 Å². The quantitative estimate of drug-likeness (QED) is 0.213. The lowest BCUT2D eigenvalue weighted by Crippen LogP contribution is -2.32. The third-order valence-corrected chi connectivity index (χ3v) is 5.35. The van der Waals surface area contributed by atoms with Crippen molar-refractivity contribution in [3.8, 4) is 28.0 Å². The summed E-state index contributed by atoms with van der Waals surface area (Å²) in [6.07, 6.45) is 1.81. The summed E-state index contributed by atoms with van der Waals surface area (Å²) in [6, 6.07) is 11.9. The lowest BCUT2D eigenvalue weighted by Gasteiger charge is -2.22. The number of benzene rings is 2. The van der Waals surface area contributed by atoms with Crippen molar-refractivity contribution in [2.45, 2.75) is 46.3 Å². The van der Waals surface area contributed by atoms with Crippen LogP contribution in [0.5, 0.6) is 5.75 Å². The summed E-state index contributed by atoms with van der Waals surface area (Å²) in [7, 11) is 0. The number of anilines is 1. The number of alkyl carbamates (subject to hydrolysis) is 1. The number of hydrogen-bond acceptors (Lipinski definition) is 7. The van der Waals surface area contributed by atoms with Gasteiger partial charge in [0.1, 0.15) is 17.0 Å². The van der Waals surface area contributed by atoms with Gasteiger partial charge in [-0.1, -0.05) is 25.1 Å². The fraction of sp³-hybridized carbons (Fsp3) is 0.259. The van der Waals surface area contributed by atoms with Gasteiger partial charge in [0, 0.05) is 28.6 Å². The van der Waals surface area contributed by atoms with Gasteiger partial charge < -0.3 is 26.3 Å². The van der Waals surface area contributed by atoms with E-state index in [1.54, 1.807) is 63.2 Å². The van der Waals surface area contributed by atoms with E-state index in [-0.39, 0.29) is 18.0 Å². The molecular formula is C27H30N4O4. The van der Waals surface area contributed by atoms with Gasteiger partial charge in [0.2, 0.25) is 0 Å². The monoisotopic (exact) mass is 474 g/mol. The number of hydrogen-bond donors (Lipinski definition) is 4. The molecule has 0 atom stereocenters. The molecule has 8 heteroatoms. The minimum Gasteiger partial charge on any atom is -0.508 e. The van der Waals surface area contributed by atoms with Crippen molar-refractivity contribution in [3.63, 3.8) is 0 Å². The highest BCUT2D eigenvalue weighted by Crippen LogP contribution is 2.38. The van der Waals surface area contributed by atoms with Gasteiger partial charge in [0.05, 0.1) is 12.2 Å². The Kier molecular flexibility index (Phi) is 7.54. The van der Waals surface area contributed by atoms with E-state index in [9.17, 15) is 14.7 Å². The maximum atomic E-state index is 12.3. The molecular weight excluding hydrogens is 444 g/mol. The molecule has 2 aromatic carbocycles. The van der Waals surface area contributed by atoms with E-state index in [4.69, 9.17) is 15.9 Å². The van der Waals surface area contributed by atoms with Gasteiger partial charge >= 0.3 is 6.09 Å². The van der Waals surface area contributed by atoms with Gasteiger partial charge in [-0.25, -0.2) is 9.78 Å². The number of nitrogens with one attached hydrogen (secondary N) is 2. The van der Waals surface area contributed by atoms with Crippen LogP contribution in [0.3, 0.4) is 0 Å². The molecule has 1 aromatic heterocycles. The highest BCUT2D eigenvalue weighted by molar-refractivity contribution is 5.94. The fourth-order valence-corrected chi connectivity index (χ4v) is 3.89. The van der Waals surface area contributed by atoms with E-state index in [0.29, 0.717) is 40.8 Å². The van der Waals surface area contributed by atoms with Crippen LogP contribution in [0.1, 0.15) is 55.0 Å². The van der Waals surface area contributed by atoms with Crippen LogP contribution >= 0.6 is 0 Å². The Balaban J connectivity index is 2.24. The van der Waals surface area contributed by atoms with E-state index in [1.165, 1.54) is 6.21 Å². The highest BCUT2D eigenvalue weighted by Gasteiger charge is 2.23. The predicted molar refractivity (Wildman–Crippen MR) is 137 cm³/mol. The third kappa shape index (κ3) is 5.84. The van der Waals surface area contributed by atoms with Crippen LogP contribution < -0.4 is 11.1 Å². The lowest BCUT2D eigenvalue weighted by molar-refractivity contribution is 0.0523. The number of aromatic hydroxyl groups is 1. The lowest BCUT2D eigenvalue weighted by atomic mass is 9.87. The number of carbonyl (C=O) groups excluding carboxylic acids is 2. The Morgan fingerprint density at radius 2 is 1.80 bits per heavy atom. The molecule has 3 aromatic rings. The van der Waals surface area contributed by atoms with Crippen LogP contribution in [0, 0.1) is 5.41 Å². The summed E-state index contributed by atoms with van der Waals surface area (Å²) >= 11 is 0. The first kappa shape index (κ1) is 25.4. The summed E-state index contributed by atoms with van der Waals surface area (Å²) in [5, 5.41) is 20.2. The van der Waals surface area contributed by atoms with Crippen LogP contribution in [-0.2, 0) is 17.7 Å². The normalized spacial score (nSPS) is 11.1. The molecule has 3 rings (SSSR count). The summed E-state index contributed by atoms with van der Waals surface area (Å²) < 4.78 is 5.35. The smallest absolute Gasteiger partial charge is 0.407 e. The zero-order valence-corrected chi connectivity index (χ0v) is 20.3.